The highest BCUT2D eigenvalue weighted by Crippen LogP contribution is 2.19. The number of nitrogens with one attached hydrogen (secondary N) is 1. The molecule has 0 radical (unpaired) electrons. The minimum atomic E-state index is -1.05. The highest BCUT2D eigenvalue weighted by molar-refractivity contribution is 5.97. The highest BCUT2D eigenvalue weighted by Gasteiger charge is 2.19. The standard InChI is InChI=1S/C22H21FN2O5/c1-13-20(14(2)30-25-13)12-28-19-6-4-5-16(11-19)22(27)29-15(3)21(26)24-18-9-7-17(23)8-10-18/h4-11,15H,12H2,1-3H3,(H,24,26)/t15-/m1/s1. The molecule has 2 aromatic carbocycles. The van der Waals surface area contributed by atoms with E-state index in [2.05, 4.69) is 10.5 Å². The SMILES string of the molecule is Cc1noc(C)c1COc1cccc(C(=O)O[C@H](C)C(=O)Nc2ccc(F)cc2)c1. The van der Waals surface area contributed by atoms with E-state index >= 15 is 0 Å². The van der Waals surface area contributed by atoms with Crippen molar-refractivity contribution in [3.63, 3.8) is 0 Å². The van der Waals surface area contributed by atoms with Crippen molar-refractivity contribution < 1.29 is 28.0 Å². The Bertz CT molecular complexity index is 1030. The molecule has 0 fully saturated rings. The van der Waals surface area contributed by atoms with Crippen LogP contribution >= 0.6 is 0 Å². The maximum atomic E-state index is 12.9. The van der Waals surface area contributed by atoms with Crippen LogP contribution in [-0.4, -0.2) is 23.1 Å². The summed E-state index contributed by atoms with van der Waals surface area (Å²) in [4.78, 5) is 24.6. The molecule has 3 aromatic rings. The molecule has 7 nitrogen and oxygen atoms in total. The minimum absolute atomic E-state index is 0.243. The van der Waals surface area contributed by atoms with E-state index in [-0.39, 0.29) is 12.2 Å². The molecule has 1 atom stereocenters. The van der Waals surface area contributed by atoms with Gasteiger partial charge < -0.3 is 19.3 Å². The van der Waals surface area contributed by atoms with Crippen LogP contribution in [-0.2, 0) is 16.1 Å². The number of ether oxygens (including phenoxy) is 2. The number of esters is 1. The van der Waals surface area contributed by atoms with Gasteiger partial charge in [0.1, 0.15) is 23.9 Å². The van der Waals surface area contributed by atoms with E-state index in [1.54, 1.807) is 25.1 Å². The fourth-order valence-electron chi connectivity index (χ4n) is 2.64. The number of hydrogen-bond acceptors (Lipinski definition) is 6. The monoisotopic (exact) mass is 412 g/mol. The van der Waals surface area contributed by atoms with Crippen LogP contribution < -0.4 is 10.1 Å². The zero-order chi connectivity index (χ0) is 21.7. The minimum Gasteiger partial charge on any atom is -0.489 e. The molecule has 8 heteroatoms. The number of carbonyl (C=O) groups is 2. The third-order valence-electron chi connectivity index (χ3n) is 4.40. The predicted molar refractivity (Wildman–Crippen MR) is 107 cm³/mol. The molecule has 3 rings (SSSR count). The molecule has 0 bridgehead atoms. The van der Waals surface area contributed by atoms with Crippen molar-refractivity contribution in [2.24, 2.45) is 0 Å². The van der Waals surface area contributed by atoms with Crippen LogP contribution in [0.3, 0.4) is 0 Å². The molecule has 0 aliphatic rings. The van der Waals surface area contributed by atoms with Gasteiger partial charge in [-0.1, -0.05) is 11.2 Å². The number of nitrogens with zero attached hydrogens (tertiary/aromatic N) is 1. The number of benzene rings is 2. The zero-order valence-electron chi connectivity index (χ0n) is 16.8. The van der Waals surface area contributed by atoms with E-state index in [0.29, 0.717) is 17.2 Å². The van der Waals surface area contributed by atoms with Crippen molar-refractivity contribution in [2.75, 3.05) is 5.32 Å². The molecule has 1 heterocycles. The summed E-state index contributed by atoms with van der Waals surface area (Å²) in [7, 11) is 0. The van der Waals surface area contributed by atoms with Gasteiger partial charge >= 0.3 is 5.97 Å². The second-order valence-corrected chi connectivity index (χ2v) is 6.66. The molecular weight excluding hydrogens is 391 g/mol. The van der Waals surface area contributed by atoms with Crippen LogP contribution in [0.2, 0.25) is 0 Å². The third kappa shape index (κ3) is 5.22. The summed E-state index contributed by atoms with van der Waals surface area (Å²) in [5, 5.41) is 6.43. The van der Waals surface area contributed by atoms with E-state index < -0.39 is 23.8 Å². The lowest BCUT2D eigenvalue weighted by Gasteiger charge is -2.14. The lowest BCUT2D eigenvalue weighted by molar-refractivity contribution is -0.123. The second-order valence-electron chi connectivity index (χ2n) is 6.66. The number of aryl methyl sites for hydroxylation is 2. The van der Waals surface area contributed by atoms with Gasteiger partial charge in [-0.2, -0.15) is 0 Å². The van der Waals surface area contributed by atoms with Gasteiger partial charge in [0.15, 0.2) is 6.10 Å². The number of carbonyl (C=O) groups excluding carboxylic acids is 2. The fraction of sp³-hybridized carbons (Fsp3) is 0.227. The molecule has 30 heavy (non-hydrogen) atoms. The summed E-state index contributed by atoms with van der Waals surface area (Å²) in [5.74, 6) is -0.471. The first-order valence-electron chi connectivity index (χ1n) is 9.25. The second kappa shape index (κ2) is 9.21. The Kier molecular flexibility index (Phi) is 6.46. The largest absolute Gasteiger partial charge is 0.489 e. The summed E-state index contributed by atoms with van der Waals surface area (Å²) >= 11 is 0. The number of halogens is 1. The molecule has 0 saturated heterocycles. The van der Waals surface area contributed by atoms with Gasteiger partial charge in [0.05, 0.1) is 16.8 Å². The van der Waals surface area contributed by atoms with E-state index in [1.165, 1.54) is 37.3 Å². The molecule has 1 aromatic heterocycles. The van der Waals surface area contributed by atoms with Gasteiger partial charge in [-0.3, -0.25) is 4.79 Å². The molecule has 156 valence electrons. The van der Waals surface area contributed by atoms with Gasteiger partial charge in [-0.05, 0) is 63.2 Å². The quantitative estimate of drug-likeness (QED) is 0.585. The average Bonchev–Trinajstić information content (AvgIpc) is 3.05. The van der Waals surface area contributed by atoms with Gasteiger partial charge in [-0.25, -0.2) is 9.18 Å². The van der Waals surface area contributed by atoms with Crippen molar-refractivity contribution >= 4 is 17.6 Å². The van der Waals surface area contributed by atoms with Crippen LogP contribution in [0.5, 0.6) is 5.75 Å². The number of aromatic nitrogens is 1. The normalized spacial score (nSPS) is 11.6. The Morgan fingerprint density at radius 3 is 2.57 bits per heavy atom. The molecule has 0 aliphatic heterocycles. The van der Waals surface area contributed by atoms with Crippen LogP contribution in [0, 0.1) is 19.7 Å². The summed E-state index contributed by atoms with van der Waals surface area (Å²) in [5.41, 5.74) is 2.23. The smallest absolute Gasteiger partial charge is 0.339 e. The van der Waals surface area contributed by atoms with E-state index in [9.17, 15) is 14.0 Å². The van der Waals surface area contributed by atoms with Crippen molar-refractivity contribution in [3.05, 3.63) is 76.9 Å². The highest BCUT2D eigenvalue weighted by atomic mass is 19.1. The summed E-state index contributed by atoms with van der Waals surface area (Å²) < 4.78 is 29.0. The fourth-order valence-corrected chi connectivity index (χ4v) is 2.64. The van der Waals surface area contributed by atoms with E-state index in [0.717, 1.165) is 11.3 Å². The summed E-state index contributed by atoms with van der Waals surface area (Å²) in [6.07, 6.45) is -1.05. The van der Waals surface area contributed by atoms with E-state index in [1.807, 2.05) is 6.92 Å². The van der Waals surface area contributed by atoms with Crippen LogP contribution in [0.1, 0.15) is 34.3 Å². The maximum Gasteiger partial charge on any atom is 0.339 e. The van der Waals surface area contributed by atoms with E-state index in [4.69, 9.17) is 14.0 Å². The van der Waals surface area contributed by atoms with Crippen LogP contribution in [0.25, 0.3) is 0 Å². The Balaban J connectivity index is 1.58. The molecular formula is C22H21FN2O5. The number of amides is 1. The molecule has 0 unspecified atom stereocenters. The van der Waals surface area contributed by atoms with Crippen molar-refractivity contribution in [2.45, 2.75) is 33.5 Å². The lowest BCUT2D eigenvalue weighted by atomic mass is 10.2. The zero-order valence-corrected chi connectivity index (χ0v) is 16.8. The first kappa shape index (κ1) is 21.0. The van der Waals surface area contributed by atoms with Crippen LogP contribution in [0.4, 0.5) is 10.1 Å². The Morgan fingerprint density at radius 2 is 1.90 bits per heavy atom. The lowest BCUT2D eigenvalue weighted by Crippen LogP contribution is -2.30. The van der Waals surface area contributed by atoms with Crippen molar-refractivity contribution in [1.29, 1.82) is 0 Å². The summed E-state index contributed by atoms with van der Waals surface area (Å²) in [6.45, 7) is 5.32. The Labute approximate surface area is 172 Å². The predicted octanol–water partition coefficient (Wildman–Crippen LogP) is 4.19. The molecule has 0 aliphatic carbocycles. The van der Waals surface area contributed by atoms with Crippen molar-refractivity contribution in [1.82, 2.24) is 5.16 Å². The number of hydrogen-bond donors (Lipinski definition) is 1. The maximum absolute atomic E-state index is 12.9. The topological polar surface area (TPSA) is 90.7 Å². The Morgan fingerprint density at radius 1 is 1.17 bits per heavy atom. The van der Waals surface area contributed by atoms with Crippen molar-refractivity contribution in [3.8, 4) is 5.75 Å². The van der Waals surface area contributed by atoms with Gasteiger partial charge in [0, 0.05) is 5.69 Å². The summed E-state index contributed by atoms with van der Waals surface area (Å²) in [6, 6.07) is 11.7. The Hall–Kier alpha value is -3.68. The molecule has 1 amide bonds. The molecule has 0 saturated carbocycles. The molecule has 0 spiro atoms. The first-order valence-corrected chi connectivity index (χ1v) is 9.25. The van der Waals surface area contributed by atoms with Gasteiger partial charge in [0.25, 0.3) is 5.91 Å². The first-order chi connectivity index (χ1) is 14.3. The van der Waals surface area contributed by atoms with Crippen LogP contribution in [0.15, 0.2) is 53.1 Å². The number of rotatable bonds is 7. The average molecular weight is 412 g/mol. The van der Waals surface area contributed by atoms with Gasteiger partial charge in [0.2, 0.25) is 0 Å². The number of anilines is 1. The molecule has 1 N–H and O–H groups in total. The van der Waals surface area contributed by atoms with Gasteiger partial charge in [-0.15, -0.1) is 0 Å². The third-order valence-corrected chi connectivity index (χ3v) is 4.40.